The Hall–Kier alpha value is -1.83. The van der Waals surface area contributed by atoms with Gasteiger partial charge in [0.05, 0.1) is 6.61 Å². The maximum absolute atomic E-state index is 12.4. The standard InChI is InChI=1S/C12H10F3N3OS/c13-12(14,15)10-17-18-11(20-10)16-6-7-1-2-9-8(5-7)3-4-19-9/h1-2,5H,3-4,6H2,(H,16,18). The van der Waals surface area contributed by atoms with E-state index in [9.17, 15) is 13.2 Å². The maximum atomic E-state index is 12.4. The third kappa shape index (κ3) is 2.69. The average molecular weight is 301 g/mol. The van der Waals surface area contributed by atoms with E-state index in [1.165, 1.54) is 0 Å². The van der Waals surface area contributed by atoms with Gasteiger partial charge in [-0.3, -0.25) is 0 Å². The lowest BCUT2D eigenvalue weighted by molar-refractivity contribution is -0.138. The third-order valence-corrected chi connectivity index (χ3v) is 3.79. The van der Waals surface area contributed by atoms with Crippen LogP contribution in [0.15, 0.2) is 18.2 Å². The number of hydrogen-bond donors (Lipinski definition) is 1. The predicted octanol–water partition coefficient (Wildman–Crippen LogP) is 3.10. The molecule has 1 aliphatic rings. The topological polar surface area (TPSA) is 47.0 Å². The Morgan fingerprint density at radius 2 is 2.15 bits per heavy atom. The highest BCUT2D eigenvalue weighted by Crippen LogP contribution is 2.33. The van der Waals surface area contributed by atoms with E-state index in [0.717, 1.165) is 23.3 Å². The first-order valence-corrected chi connectivity index (χ1v) is 6.73. The fraction of sp³-hybridized carbons (Fsp3) is 0.333. The van der Waals surface area contributed by atoms with Crippen molar-refractivity contribution in [2.24, 2.45) is 0 Å². The van der Waals surface area contributed by atoms with Gasteiger partial charge in [-0.2, -0.15) is 13.2 Å². The van der Waals surface area contributed by atoms with Gasteiger partial charge in [-0.15, -0.1) is 10.2 Å². The van der Waals surface area contributed by atoms with Crippen LogP contribution in [0.1, 0.15) is 16.1 Å². The minimum Gasteiger partial charge on any atom is -0.493 e. The number of rotatable bonds is 3. The molecule has 1 aliphatic heterocycles. The van der Waals surface area contributed by atoms with Gasteiger partial charge >= 0.3 is 6.18 Å². The van der Waals surface area contributed by atoms with Crippen LogP contribution in [-0.4, -0.2) is 16.8 Å². The minimum absolute atomic E-state index is 0.161. The van der Waals surface area contributed by atoms with Gasteiger partial charge in [-0.25, -0.2) is 0 Å². The first-order valence-electron chi connectivity index (χ1n) is 5.91. The molecule has 0 aliphatic carbocycles. The summed E-state index contributed by atoms with van der Waals surface area (Å²) < 4.78 is 42.5. The first kappa shape index (κ1) is 13.2. The number of fused-ring (bicyclic) bond motifs is 1. The van der Waals surface area contributed by atoms with E-state index in [0.29, 0.717) is 24.5 Å². The van der Waals surface area contributed by atoms with Crippen LogP contribution >= 0.6 is 11.3 Å². The van der Waals surface area contributed by atoms with Crippen molar-refractivity contribution in [3.63, 3.8) is 0 Å². The molecule has 1 aromatic heterocycles. The SMILES string of the molecule is FC(F)(F)c1nnc(NCc2ccc3c(c2)CCO3)s1. The van der Waals surface area contributed by atoms with Crippen LogP contribution in [0.5, 0.6) is 5.75 Å². The van der Waals surface area contributed by atoms with Gasteiger partial charge in [0, 0.05) is 13.0 Å². The maximum Gasteiger partial charge on any atom is 0.445 e. The summed E-state index contributed by atoms with van der Waals surface area (Å²) >= 11 is 0.501. The van der Waals surface area contributed by atoms with E-state index in [-0.39, 0.29) is 5.13 Å². The molecule has 0 saturated carbocycles. The van der Waals surface area contributed by atoms with Crippen molar-refractivity contribution >= 4 is 16.5 Å². The van der Waals surface area contributed by atoms with Crippen LogP contribution in [-0.2, 0) is 19.1 Å². The molecule has 1 aromatic carbocycles. The third-order valence-electron chi connectivity index (χ3n) is 2.87. The van der Waals surface area contributed by atoms with Gasteiger partial charge in [0.2, 0.25) is 10.1 Å². The summed E-state index contributed by atoms with van der Waals surface area (Å²) in [5, 5.41) is 8.67. The molecule has 8 heteroatoms. The highest BCUT2D eigenvalue weighted by Gasteiger charge is 2.35. The zero-order chi connectivity index (χ0) is 14.2. The van der Waals surface area contributed by atoms with Crippen molar-refractivity contribution in [1.82, 2.24) is 10.2 Å². The van der Waals surface area contributed by atoms with E-state index in [2.05, 4.69) is 15.5 Å². The molecule has 20 heavy (non-hydrogen) atoms. The summed E-state index contributed by atoms with van der Waals surface area (Å²) in [6, 6.07) is 5.74. The van der Waals surface area contributed by atoms with Crippen LogP contribution in [0.2, 0.25) is 0 Å². The summed E-state index contributed by atoms with van der Waals surface area (Å²) in [6.45, 7) is 1.08. The van der Waals surface area contributed by atoms with Crippen molar-refractivity contribution in [1.29, 1.82) is 0 Å². The van der Waals surface area contributed by atoms with Crippen molar-refractivity contribution in [3.8, 4) is 5.75 Å². The molecule has 0 radical (unpaired) electrons. The van der Waals surface area contributed by atoms with E-state index >= 15 is 0 Å². The monoisotopic (exact) mass is 301 g/mol. The Bertz CT molecular complexity index is 627. The number of anilines is 1. The molecule has 3 rings (SSSR count). The van der Waals surface area contributed by atoms with Crippen LogP contribution in [0, 0.1) is 0 Å². The number of alkyl halides is 3. The largest absolute Gasteiger partial charge is 0.493 e. The molecular formula is C12H10F3N3OS. The second-order valence-corrected chi connectivity index (χ2v) is 5.28. The molecule has 0 fully saturated rings. The number of benzene rings is 1. The Labute approximate surface area is 116 Å². The second kappa shape index (κ2) is 4.93. The van der Waals surface area contributed by atoms with Gasteiger partial charge in [0.25, 0.3) is 0 Å². The van der Waals surface area contributed by atoms with E-state index in [4.69, 9.17) is 4.74 Å². The van der Waals surface area contributed by atoms with Crippen molar-refractivity contribution in [3.05, 3.63) is 34.3 Å². The molecule has 1 N–H and O–H groups in total. The fourth-order valence-corrected chi connectivity index (χ4v) is 2.54. The van der Waals surface area contributed by atoms with Gasteiger partial charge < -0.3 is 10.1 Å². The van der Waals surface area contributed by atoms with E-state index in [1.54, 1.807) is 0 Å². The lowest BCUT2D eigenvalue weighted by atomic mass is 10.1. The Morgan fingerprint density at radius 1 is 1.30 bits per heavy atom. The molecule has 0 atom stereocenters. The Balaban J connectivity index is 1.66. The molecule has 0 amide bonds. The highest BCUT2D eigenvalue weighted by molar-refractivity contribution is 7.15. The molecule has 4 nitrogen and oxygen atoms in total. The molecular weight excluding hydrogens is 291 g/mol. The van der Waals surface area contributed by atoms with Crippen LogP contribution in [0.4, 0.5) is 18.3 Å². The molecule has 106 valence electrons. The summed E-state index contributed by atoms with van der Waals surface area (Å²) in [7, 11) is 0. The van der Waals surface area contributed by atoms with Crippen molar-refractivity contribution in [2.45, 2.75) is 19.1 Å². The van der Waals surface area contributed by atoms with Crippen molar-refractivity contribution in [2.75, 3.05) is 11.9 Å². The zero-order valence-electron chi connectivity index (χ0n) is 10.2. The molecule has 0 saturated heterocycles. The Morgan fingerprint density at radius 3 is 2.90 bits per heavy atom. The molecule has 0 unspecified atom stereocenters. The van der Waals surface area contributed by atoms with E-state index in [1.807, 2.05) is 18.2 Å². The van der Waals surface area contributed by atoms with Crippen LogP contribution in [0.3, 0.4) is 0 Å². The van der Waals surface area contributed by atoms with Gasteiger partial charge in [-0.1, -0.05) is 23.5 Å². The second-order valence-electron chi connectivity index (χ2n) is 4.30. The number of nitrogens with one attached hydrogen (secondary N) is 1. The van der Waals surface area contributed by atoms with Gasteiger partial charge in [-0.05, 0) is 17.2 Å². The average Bonchev–Trinajstić information content (AvgIpc) is 3.04. The quantitative estimate of drug-likeness (QED) is 0.946. The van der Waals surface area contributed by atoms with E-state index < -0.39 is 11.2 Å². The lowest BCUT2D eigenvalue weighted by Crippen LogP contribution is -2.03. The Kier molecular flexibility index (Phi) is 3.25. The first-order chi connectivity index (χ1) is 9.52. The normalized spacial score (nSPS) is 13.9. The zero-order valence-corrected chi connectivity index (χ0v) is 11.0. The van der Waals surface area contributed by atoms with Crippen LogP contribution in [0.25, 0.3) is 0 Å². The van der Waals surface area contributed by atoms with Crippen molar-refractivity contribution < 1.29 is 17.9 Å². The fourth-order valence-electron chi connectivity index (χ4n) is 1.94. The predicted molar refractivity (Wildman–Crippen MR) is 67.9 cm³/mol. The summed E-state index contributed by atoms with van der Waals surface area (Å²) in [5.41, 5.74) is 2.09. The number of aromatic nitrogens is 2. The molecule has 2 aromatic rings. The summed E-state index contributed by atoms with van der Waals surface area (Å²) in [6.07, 6.45) is -3.58. The smallest absolute Gasteiger partial charge is 0.445 e. The number of halogens is 3. The summed E-state index contributed by atoms with van der Waals surface area (Å²) in [5.74, 6) is 0.879. The number of ether oxygens (including phenoxy) is 1. The lowest BCUT2D eigenvalue weighted by Gasteiger charge is -2.04. The number of nitrogens with zero attached hydrogens (tertiary/aromatic N) is 2. The highest BCUT2D eigenvalue weighted by atomic mass is 32.1. The number of hydrogen-bond acceptors (Lipinski definition) is 5. The van der Waals surface area contributed by atoms with Crippen LogP contribution < -0.4 is 10.1 Å². The minimum atomic E-state index is -4.44. The van der Waals surface area contributed by atoms with Gasteiger partial charge in [0.15, 0.2) is 0 Å². The molecule has 0 spiro atoms. The van der Waals surface area contributed by atoms with Gasteiger partial charge in [0.1, 0.15) is 5.75 Å². The molecule has 2 heterocycles. The molecule has 0 bridgehead atoms. The summed E-state index contributed by atoms with van der Waals surface area (Å²) in [4.78, 5) is 0.